The number of rotatable bonds is 5. The van der Waals surface area contributed by atoms with Crippen LogP contribution in [0.15, 0.2) is 47.4 Å². The largest absolute Gasteiger partial charge is 0.324 e. The molecule has 1 amide bonds. The molecule has 5 nitrogen and oxygen atoms in total. The van der Waals surface area contributed by atoms with Gasteiger partial charge >= 0.3 is 0 Å². The molecule has 1 fully saturated rings. The molecular weight excluding hydrogens is 396 g/mol. The van der Waals surface area contributed by atoms with Gasteiger partial charge in [0.15, 0.2) is 0 Å². The highest BCUT2D eigenvalue weighted by molar-refractivity contribution is 7.89. The lowest BCUT2D eigenvalue weighted by atomic mass is 9.98. The molecule has 2 aromatic carbocycles. The summed E-state index contributed by atoms with van der Waals surface area (Å²) in [5.74, 6) is -0.0427. The van der Waals surface area contributed by atoms with E-state index >= 15 is 0 Å². The van der Waals surface area contributed by atoms with Crippen molar-refractivity contribution in [2.45, 2.75) is 50.5 Å². The molecule has 1 heterocycles. The number of carbonyl (C=O) groups excluding carboxylic acids is 1. The summed E-state index contributed by atoms with van der Waals surface area (Å²) in [6.45, 7) is 6.40. The molecule has 1 N–H and O–H groups in total. The van der Waals surface area contributed by atoms with Gasteiger partial charge in [-0.3, -0.25) is 4.79 Å². The number of carbonyl (C=O) groups is 1. The first-order chi connectivity index (χ1) is 13.2. The molecule has 150 valence electrons. The normalized spacial score (nSPS) is 17.8. The van der Waals surface area contributed by atoms with Gasteiger partial charge in [0, 0.05) is 17.3 Å². The Bertz CT molecular complexity index is 972. The monoisotopic (exact) mass is 420 g/mol. The summed E-state index contributed by atoms with van der Waals surface area (Å²) in [4.78, 5) is 13.2. The third kappa shape index (κ3) is 4.09. The van der Waals surface area contributed by atoms with Gasteiger partial charge in [-0.2, -0.15) is 4.31 Å². The summed E-state index contributed by atoms with van der Waals surface area (Å²) in [7, 11) is -3.76. The maximum atomic E-state index is 13.1. The van der Waals surface area contributed by atoms with Crippen LogP contribution in [0.1, 0.15) is 43.7 Å². The summed E-state index contributed by atoms with van der Waals surface area (Å²) >= 11 is 5.87. The van der Waals surface area contributed by atoms with E-state index in [4.69, 9.17) is 11.6 Å². The lowest BCUT2D eigenvalue weighted by Gasteiger charge is -2.25. The standard InChI is InChI=1S/C21H25ClN2O3S/c1-14(2)18-7-4-6-15(3)20(18)23-21(25)19-8-5-13-24(19)28(26,27)17-11-9-16(22)10-12-17/h4,6-7,9-12,14,19H,5,8,13H2,1-3H3,(H,23,25)/t19-/m1/s1. The van der Waals surface area contributed by atoms with Crippen molar-refractivity contribution in [3.8, 4) is 0 Å². The average molecular weight is 421 g/mol. The highest BCUT2D eigenvalue weighted by Gasteiger charge is 2.39. The maximum absolute atomic E-state index is 13.1. The molecule has 1 aliphatic heterocycles. The number of hydrogen-bond acceptors (Lipinski definition) is 3. The van der Waals surface area contributed by atoms with E-state index in [1.54, 1.807) is 12.1 Å². The number of nitrogens with one attached hydrogen (secondary N) is 1. The molecule has 1 saturated heterocycles. The van der Waals surface area contributed by atoms with Gasteiger partial charge < -0.3 is 5.32 Å². The van der Waals surface area contributed by atoms with Crippen LogP contribution in [0, 0.1) is 6.92 Å². The number of anilines is 1. The molecule has 0 aliphatic carbocycles. The topological polar surface area (TPSA) is 66.5 Å². The fourth-order valence-electron chi connectivity index (χ4n) is 3.58. The summed E-state index contributed by atoms with van der Waals surface area (Å²) in [5, 5.41) is 3.47. The first-order valence-electron chi connectivity index (χ1n) is 9.39. The predicted octanol–water partition coefficient (Wildman–Crippen LogP) is 4.56. The number of nitrogens with zero attached hydrogens (tertiary/aromatic N) is 1. The van der Waals surface area contributed by atoms with E-state index < -0.39 is 16.1 Å². The van der Waals surface area contributed by atoms with Crippen molar-refractivity contribution < 1.29 is 13.2 Å². The van der Waals surface area contributed by atoms with E-state index in [0.29, 0.717) is 24.4 Å². The Kier molecular flexibility index (Phi) is 6.12. The van der Waals surface area contributed by atoms with E-state index in [1.165, 1.54) is 16.4 Å². The van der Waals surface area contributed by atoms with Crippen LogP contribution in [0.2, 0.25) is 5.02 Å². The van der Waals surface area contributed by atoms with Crippen LogP contribution in [-0.2, 0) is 14.8 Å². The second kappa shape index (κ2) is 8.23. The minimum Gasteiger partial charge on any atom is -0.324 e. The fourth-order valence-corrected chi connectivity index (χ4v) is 5.36. The molecule has 0 aromatic heterocycles. The lowest BCUT2D eigenvalue weighted by Crippen LogP contribution is -2.43. The lowest BCUT2D eigenvalue weighted by molar-refractivity contribution is -0.119. The van der Waals surface area contributed by atoms with Crippen molar-refractivity contribution in [3.05, 3.63) is 58.6 Å². The molecule has 0 unspecified atom stereocenters. The van der Waals surface area contributed by atoms with Gasteiger partial charge in [-0.05, 0) is 61.1 Å². The molecule has 0 saturated carbocycles. The van der Waals surface area contributed by atoms with Crippen molar-refractivity contribution in [2.24, 2.45) is 0 Å². The molecule has 28 heavy (non-hydrogen) atoms. The van der Waals surface area contributed by atoms with Crippen molar-refractivity contribution in [1.29, 1.82) is 0 Å². The number of aryl methyl sites for hydroxylation is 1. The Morgan fingerprint density at radius 2 is 1.86 bits per heavy atom. The number of amides is 1. The number of benzene rings is 2. The zero-order valence-corrected chi connectivity index (χ0v) is 17.8. The molecule has 0 radical (unpaired) electrons. The van der Waals surface area contributed by atoms with Gasteiger partial charge in [-0.25, -0.2) is 8.42 Å². The van der Waals surface area contributed by atoms with Crippen molar-refractivity contribution in [3.63, 3.8) is 0 Å². The van der Waals surface area contributed by atoms with E-state index in [2.05, 4.69) is 19.2 Å². The maximum Gasteiger partial charge on any atom is 0.243 e. The Hall–Kier alpha value is -1.89. The van der Waals surface area contributed by atoms with Gasteiger partial charge in [0.05, 0.1) is 4.90 Å². The number of halogens is 1. The Balaban J connectivity index is 1.87. The minimum absolute atomic E-state index is 0.148. The van der Waals surface area contributed by atoms with Crippen LogP contribution in [-0.4, -0.2) is 31.2 Å². The van der Waals surface area contributed by atoms with Gasteiger partial charge in [-0.1, -0.05) is 43.6 Å². The fraction of sp³-hybridized carbons (Fsp3) is 0.381. The van der Waals surface area contributed by atoms with Gasteiger partial charge in [0.25, 0.3) is 0 Å². The van der Waals surface area contributed by atoms with E-state index in [0.717, 1.165) is 16.8 Å². The van der Waals surface area contributed by atoms with Gasteiger partial charge in [0.1, 0.15) is 6.04 Å². The SMILES string of the molecule is Cc1cccc(C(C)C)c1NC(=O)[C@H]1CCCN1S(=O)(=O)c1ccc(Cl)cc1. The molecule has 3 rings (SSSR count). The van der Waals surface area contributed by atoms with Crippen LogP contribution >= 0.6 is 11.6 Å². The molecule has 1 atom stereocenters. The van der Waals surface area contributed by atoms with Gasteiger partial charge in [0.2, 0.25) is 15.9 Å². The highest BCUT2D eigenvalue weighted by atomic mass is 35.5. The minimum atomic E-state index is -3.76. The highest BCUT2D eigenvalue weighted by Crippen LogP contribution is 2.31. The van der Waals surface area contributed by atoms with Crippen LogP contribution in [0.25, 0.3) is 0 Å². The summed E-state index contributed by atoms with van der Waals surface area (Å²) in [6, 6.07) is 11.2. The van der Waals surface area contributed by atoms with Crippen LogP contribution in [0.4, 0.5) is 5.69 Å². The third-order valence-electron chi connectivity index (χ3n) is 5.10. The van der Waals surface area contributed by atoms with Gasteiger partial charge in [-0.15, -0.1) is 0 Å². The number of sulfonamides is 1. The zero-order chi connectivity index (χ0) is 20.5. The average Bonchev–Trinajstić information content (AvgIpc) is 3.14. The number of hydrogen-bond donors (Lipinski definition) is 1. The first kappa shape index (κ1) is 20.8. The van der Waals surface area contributed by atoms with Crippen LogP contribution < -0.4 is 5.32 Å². The van der Waals surface area contributed by atoms with Crippen molar-refractivity contribution in [1.82, 2.24) is 4.31 Å². The Labute approximate surface area is 171 Å². The molecule has 0 spiro atoms. The number of para-hydroxylation sites is 1. The molecular formula is C21H25ClN2O3S. The molecule has 0 bridgehead atoms. The molecule has 2 aromatic rings. The summed E-state index contributed by atoms with van der Waals surface area (Å²) in [5.41, 5.74) is 2.78. The van der Waals surface area contributed by atoms with Crippen molar-refractivity contribution in [2.75, 3.05) is 11.9 Å². The van der Waals surface area contributed by atoms with E-state index in [1.807, 2.05) is 25.1 Å². The van der Waals surface area contributed by atoms with Crippen LogP contribution in [0.5, 0.6) is 0 Å². The smallest absolute Gasteiger partial charge is 0.243 e. The Morgan fingerprint density at radius 3 is 2.50 bits per heavy atom. The molecule has 1 aliphatic rings. The van der Waals surface area contributed by atoms with E-state index in [-0.39, 0.29) is 16.7 Å². The second-order valence-corrected chi connectivity index (χ2v) is 9.74. The first-order valence-corrected chi connectivity index (χ1v) is 11.2. The third-order valence-corrected chi connectivity index (χ3v) is 7.28. The predicted molar refractivity (Wildman–Crippen MR) is 112 cm³/mol. The van der Waals surface area contributed by atoms with E-state index in [9.17, 15) is 13.2 Å². The second-order valence-electron chi connectivity index (χ2n) is 7.41. The van der Waals surface area contributed by atoms with Crippen LogP contribution in [0.3, 0.4) is 0 Å². The summed E-state index contributed by atoms with van der Waals surface area (Å²) < 4.78 is 27.4. The summed E-state index contributed by atoms with van der Waals surface area (Å²) in [6.07, 6.45) is 1.15. The molecule has 7 heteroatoms. The zero-order valence-electron chi connectivity index (χ0n) is 16.3. The quantitative estimate of drug-likeness (QED) is 0.770. The Morgan fingerprint density at radius 1 is 1.18 bits per heavy atom. The van der Waals surface area contributed by atoms with Crippen molar-refractivity contribution >= 4 is 33.2 Å².